The molecule has 2 aromatic carbocycles. The third-order valence-electron chi connectivity index (χ3n) is 4.84. The summed E-state index contributed by atoms with van der Waals surface area (Å²) in [4.78, 5) is 24.5. The summed E-state index contributed by atoms with van der Waals surface area (Å²) in [6.07, 6.45) is 2.57. The van der Waals surface area contributed by atoms with E-state index in [4.69, 9.17) is 4.74 Å². The van der Waals surface area contributed by atoms with Crippen LogP contribution in [0.25, 0.3) is 0 Å². The Labute approximate surface area is 165 Å². The molecule has 6 nitrogen and oxygen atoms in total. The Morgan fingerprint density at radius 3 is 2.36 bits per heavy atom. The molecule has 0 saturated carbocycles. The maximum absolute atomic E-state index is 12.3. The van der Waals surface area contributed by atoms with E-state index in [1.165, 1.54) is 16.6 Å². The van der Waals surface area contributed by atoms with Crippen molar-refractivity contribution in [1.29, 1.82) is 0 Å². The number of anilines is 1. The standard InChI is InChI=1S/C21H23NO5S/c1-4-15-5-7-16(8-6-15)20(23)13-27-21(24)17-9-10-19-18(12-17)11-14(2)22(19)28(3,25)26/h5-10,12,14H,4,11,13H2,1-3H3/t14-/m0/s1. The molecule has 28 heavy (non-hydrogen) atoms. The number of ether oxygens (including phenoxy) is 1. The molecule has 0 fully saturated rings. The zero-order valence-corrected chi connectivity index (χ0v) is 17.0. The van der Waals surface area contributed by atoms with Gasteiger partial charge in [0, 0.05) is 11.6 Å². The van der Waals surface area contributed by atoms with Crippen LogP contribution >= 0.6 is 0 Å². The quantitative estimate of drug-likeness (QED) is 0.549. The fraction of sp³-hybridized carbons (Fsp3) is 0.333. The molecule has 1 aliphatic heterocycles. The van der Waals surface area contributed by atoms with E-state index in [2.05, 4.69) is 0 Å². The second kappa shape index (κ2) is 7.75. The summed E-state index contributed by atoms with van der Waals surface area (Å²) in [5.41, 5.74) is 3.28. The van der Waals surface area contributed by atoms with Crippen molar-refractivity contribution >= 4 is 27.5 Å². The lowest BCUT2D eigenvalue weighted by molar-refractivity contribution is 0.0474. The van der Waals surface area contributed by atoms with Crippen LogP contribution in [0.15, 0.2) is 42.5 Å². The fourth-order valence-corrected chi connectivity index (χ4v) is 4.72. The first-order valence-corrected chi connectivity index (χ1v) is 11.0. The third kappa shape index (κ3) is 4.09. The molecule has 0 aliphatic carbocycles. The molecular weight excluding hydrogens is 378 g/mol. The molecule has 0 unspecified atom stereocenters. The predicted octanol–water partition coefficient (Wildman–Crippen LogP) is 3.00. The third-order valence-corrected chi connectivity index (χ3v) is 6.12. The van der Waals surface area contributed by atoms with Gasteiger partial charge in [-0.05, 0) is 49.1 Å². The van der Waals surface area contributed by atoms with Crippen molar-refractivity contribution in [1.82, 2.24) is 0 Å². The van der Waals surface area contributed by atoms with Gasteiger partial charge in [0.1, 0.15) is 0 Å². The van der Waals surface area contributed by atoms with Crippen molar-refractivity contribution in [2.45, 2.75) is 32.7 Å². The SMILES string of the molecule is CCc1ccc(C(=O)COC(=O)c2ccc3c(c2)C[C@H](C)N3S(C)(=O)=O)cc1. The Morgan fingerprint density at radius 1 is 1.11 bits per heavy atom. The van der Waals surface area contributed by atoms with Crippen molar-refractivity contribution in [3.8, 4) is 0 Å². The van der Waals surface area contributed by atoms with E-state index in [-0.39, 0.29) is 18.4 Å². The number of carbonyl (C=O) groups excluding carboxylic acids is 2. The lowest BCUT2D eigenvalue weighted by atomic mass is 10.1. The van der Waals surface area contributed by atoms with Crippen LogP contribution in [-0.2, 0) is 27.6 Å². The number of Topliss-reactive ketones (excluding diaryl/α,β-unsaturated/α-hetero) is 1. The number of aryl methyl sites for hydroxylation is 1. The van der Waals surface area contributed by atoms with Crippen LogP contribution in [0, 0.1) is 0 Å². The highest BCUT2D eigenvalue weighted by Crippen LogP contribution is 2.34. The molecule has 1 atom stereocenters. The molecule has 1 aliphatic rings. The monoisotopic (exact) mass is 401 g/mol. The van der Waals surface area contributed by atoms with Crippen LogP contribution in [0.2, 0.25) is 0 Å². The van der Waals surface area contributed by atoms with Crippen molar-refractivity contribution < 1.29 is 22.7 Å². The summed E-state index contributed by atoms with van der Waals surface area (Å²) in [6.45, 7) is 3.51. The number of esters is 1. The minimum Gasteiger partial charge on any atom is -0.454 e. The molecule has 0 aromatic heterocycles. The zero-order chi connectivity index (χ0) is 20.5. The van der Waals surface area contributed by atoms with Gasteiger partial charge in [-0.25, -0.2) is 13.2 Å². The van der Waals surface area contributed by atoms with Crippen LogP contribution in [0.1, 0.15) is 45.7 Å². The fourth-order valence-electron chi connectivity index (χ4n) is 3.46. The average molecular weight is 401 g/mol. The van der Waals surface area contributed by atoms with Crippen molar-refractivity contribution in [2.24, 2.45) is 0 Å². The van der Waals surface area contributed by atoms with Crippen LogP contribution in [-0.4, -0.2) is 39.1 Å². The smallest absolute Gasteiger partial charge is 0.338 e. The average Bonchev–Trinajstić information content (AvgIpc) is 3.00. The second-order valence-corrected chi connectivity index (χ2v) is 8.86. The van der Waals surface area contributed by atoms with E-state index >= 15 is 0 Å². The molecule has 0 saturated heterocycles. The largest absolute Gasteiger partial charge is 0.454 e. The maximum atomic E-state index is 12.3. The number of rotatable bonds is 6. The van der Waals surface area contributed by atoms with Crippen molar-refractivity contribution in [3.63, 3.8) is 0 Å². The van der Waals surface area contributed by atoms with E-state index in [0.717, 1.165) is 17.5 Å². The maximum Gasteiger partial charge on any atom is 0.338 e. The number of hydrogen-bond donors (Lipinski definition) is 0. The highest BCUT2D eigenvalue weighted by molar-refractivity contribution is 7.92. The van der Waals surface area contributed by atoms with Gasteiger partial charge in [0.05, 0.1) is 17.5 Å². The number of ketones is 1. The predicted molar refractivity (Wildman–Crippen MR) is 107 cm³/mol. The summed E-state index contributed by atoms with van der Waals surface area (Å²) < 4.78 is 30.5. The summed E-state index contributed by atoms with van der Waals surface area (Å²) in [5.74, 6) is -0.874. The summed E-state index contributed by atoms with van der Waals surface area (Å²) in [7, 11) is -3.38. The normalized spacial score (nSPS) is 16.0. The minimum absolute atomic E-state index is 0.205. The van der Waals surface area contributed by atoms with Crippen LogP contribution < -0.4 is 4.31 Å². The first-order chi connectivity index (χ1) is 13.2. The van der Waals surface area contributed by atoms with E-state index in [0.29, 0.717) is 23.2 Å². The van der Waals surface area contributed by atoms with Gasteiger partial charge >= 0.3 is 5.97 Å². The zero-order valence-electron chi connectivity index (χ0n) is 16.1. The minimum atomic E-state index is -3.38. The number of sulfonamides is 1. The molecule has 0 amide bonds. The summed E-state index contributed by atoms with van der Waals surface area (Å²) in [5, 5.41) is 0. The molecule has 0 bridgehead atoms. The summed E-state index contributed by atoms with van der Waals surface area (Å²) in [6, 6.07) is 11.8. The Hall–Kier alpha value is -2.67. The molecule has 3 rings (SSSR count). The molecule has 0 N–H and O–H groups in total. The van der Waals surface area contributed by atoms with Crippen molar-refractivity contribution in [2.75, 3.05) is 17.2 Å². The van der Waals surface area contributed by atoms with E-state index in [1.54, 1.807) is 24.3 Å². The van der Waals surface area contributed by atoms with Crippen LogP contribution in [0.3, 0.4) is 0 Å². The van der Waals surface area contributed by atoms with Gasteiger partial charge in [-0.15, -0.1) is 0 Å². The van der Waals surface area contributed by atoms with Crippen LogP contribution in [0.5, 0.6) is 0 Å². The second-order valence-electron chi connectivity index (χ2n) is 7.01. The van der Waals surface area contributed by atoms with Crippen LogP contribution in [0.4, 0.5) is 5.69 Å². The highest BCUT2D eigenvalue weighted by Gasteiger charge is 2.32. The molecule has 0 radical (unpaired) electrons. The molecule has 0 spiro atoms. The number of carbonyl (C=O) groups is 2. The Morgan fingerprint density at radius 2 is 1.75 bits per heavy atom. The molecule has 2 aromatic rings. The molecule has 1 heterocycles. The Balaban J connectivity index is 1.69. The number of nitrogens with zero attached hydrogens (tertiary/aromatic N) is 1. The number of fused-ring (bicyclic) bond motifs is 1. The lowest BCUT2D eigenvalue weighted by Gasteiger charge is -2.21. The lowest BCUT2D eigenvalue weighted by Crippen LogP contribution is -2.34. The van der Waals surface area contributed by atoms with Gasteiger partial charge in [-0.2, -0.15) is 0 Å². The molecule has 148 valence electrons. The van der Waals surface area contributed by atoms with E-state index in [9.17, 15) is 18.0 Å². The van der Waals surface area contributed by atoms with Crippen molar-refractivity contribution in [3.05, 3.63) is 64.7 Å². The topological polar surface area (TPSA) is 80.8 Å². The van der Waals surface area contributed by atoms with E-state index < -0.39 is 16.0 Å². The number of benzene rings is 2. The highest BCUT2D eigenvalue weighted by atomic mass is 32.2. The molecule has 7 heteroatoms. The number of hydrogen-bond acceptors (Lipinski definition) is 5. The van der Waals surface area contributed by atoms with Gasteiger partial charge in [0.15, 0.2) is 12.4 Å². The van der Waals surface area contributed by atoms with Gasteiger partial charge in [-0.1, -0.05) is 31.2 Å². The van der Waals surface area contributed by atoms with Gasteiger partial charge in [0.2, 0.25) is 10.0 Å². The molecular formula is C21H23NO5S. The van der Waals surface area contributed by atoms with Gasteiger partial charge < -0.3 is 4.74 Å². The first kappa shape index (κ1) is 20.1. The van der Waals surface area contributed by atoms with E-state index in [1.807, 2.05) is 26.0 Å². The summed E-state index contributed by atoms with van der Waals surface area (Å²) >= 11 is 0. The first-order valence-electron chi connectivity index (χ1n) is 9.12. The van der Waals surface area contributed by atoms with Gasteiger partial charge in [0.25, 0.3) is 0 Å². The Bertz CT molecular complexity index is 1010. The Kier molecular flexibility index (Phi) is 5.56. The van der Waals surface area contributed by atoms with Gasteiger partial charge in [-0.3, -0.25) is 9.10 Å².